The Morgan fingerprint density at radius 3 is 2.44 bits per heavy atom. The number of hydrogen-bond donors (Lipinski definition) is 3. The molecule has 6 atom stereocenters. The van der Waals surface area contributed by atoms with Gasteiger partial charge in [-0.3, -0.25) is 0 Å². The van der Waals surface area contributed by atoms with Gasteiger partial charge in [-0.25, -0.2) is 9.59 Å². The van der Waals surface area contributed by atoms with Gasteiger partial charge in [-0.2, -0.15) is 0 Å². The molecule has 3 N–H and O–H groups in total. The van der Waals surface area contributed by atoms with Gasteiger partial charge >= 0.3 is 26.2 Å². The summed E-state index contributed by atoms with van der Waals surface area (Å²) in [5, 5.41) is 31.3. The zero-order chi connectivity index (χ0) is 27.2. The van der Waals surface area contributed by atoms with Crippen LogP contribution < -0.4 is 18.8 Å². The summed E-state index contributed by atoms with van der Waals surface area (Å²) in [6.07, 6.45) is 3.12. The van der Waals surface area contributed by atoms with Gasteiger partial charge in [0.15, 0.2) is 0 Å². The molecule has 0 saturated heterocycles. The van der Waals surface area contributed by atoms with E-state index in [1.54, 1.807) is 18.2 Å². The van der Waals surface area contributed by atoms with Crippen molar-refractivity contribution in [3.8, 4) is 23.0 Å². The maximum atomic E-state index is 13.7. The van der Waals surface area contributed by atoms with Crippen molar-refractivity contribution in [3.05, 3.63) is 46.5 Å². The third kappa shape index (κ3) is 3.43. The van der Waals surface area contributed by atoms with Crippen molar-refractivity contribution in [1.82, 2.24) is 0 Å². The molecule has 2 aromatic rings. The quantitative estimate of drug-likeness (QED) is 0.388. The second kappa shape index (κ2) is 8.56. The second-order valence-electron chi connectivity index (χ2n) is 11.4. The average molecular weight is 534 g/mol. The largest absolute Gasteiger partial charge is 0.535 e. The lowest BCUT2D eigenvalue weighted by atomic mass is 9.56. The first-order chi connectivity index (χ1) is 18.8. The molecule has 2 heterocycles. The van der Waals surface area contributed by atoms with E-state index < -0.39 is 37.7 Å². The zero-order valence-electron chi connectivity index (χ0n) is 21.6. The van der Waals surface area contributed by atoms with E-state index in [0.717, 1.165) is 24.8 Å². The van der Waals surface area contributed by atoms with Crippen molar-refractivity contribution in [2.45, 2.75) is 55.3 Å². The summed E-state index contributed by atoms with van der Waals surface area (Å²) < 4.78 is 28.3. The molecular formula is C27H28B2O10. The van der Waals surface area contributed by atoms with Gasteiger partial charge in [-0.05, 0) is 54.7 Å². The number of fused-ring (bicyclic) bond motifs is 9. The first-order valence-electron chi connectivity index (χ1n) is 13.3. The summed E-state index contributed by atoms with van der Waals surface area (Å²) in [4.78, 5) is 25.7. The van der Waals surface area contributed by atoms with Crippen LogP contribution in [0, 0.1) is 11.8 Å². The van der Waals surface area contributed by atoms with Gasteiger partial charge in [0.1, 0.15) is 40.2 Å². The predicted molar refractivity (Wildman–Crippen MR) is 138 cm³/mol. The van der Waals surface area contributed by atoms with Crippen molar-refractivity contribution in [2.24, 2.45) is 11.8 Å². The first-order valence-corrected chi connectivity index (χ1v) is 13.3. The number of carboxylic acid groups (broad SMARTS) is 1. The van der Waals surface area contributed by atoms with Crippen LogP contribution in [-0.2, 0) is 10.2 Å². The van der Waals surface area contributed by atoms with Crippen molar-refractivity contribution >= 4 is 26.2 Å². The van der Waals surface area contributed by atoms with Crippen molar-refractivity contribution in [1.29, 1.82) is 0 Å². The van der Waals surface area contributed by atoms with Crippen LogP contribution in [0.1, 0.15) is 63.4 Å². The van der Waals surface area contributed by atoms with Gasteiger partial charge in [-0.1, -0.05) is 18.6 Å². The molecule has 5 aliphatic rings. The highest BCUT2D eigenvalue weighted by molar-refractivity contribution is 6.47. The summed E-state index contributed by atoms with van der Waals surface area (Å²) >= 11 is 0. The Hall–Kier alpha value is -3.37. The van der Waals surface area contributed by atoms with Gasteiger partial charge in [0.05, 0.1) is 14.2 Å². The fraction of sp³-hybridized carbons (Fsp3) is 0.481. The number of carbonyl (C=O) groups is 2. The Morgan fingerprint density at radius 2 is 1.69 bits per heavy atom. The molecule has 7 rings (SSSR count). The van der Waals surface area contributed by atoms with Gasteiger partial charge in [-0.15, -0.1) is 0 Å². The molecule has 39 heavy (non-hydrogen) atoms. The normalized spacial score (nSPS) is 31.0. The van der Waals surface area contributed by atoms with Crippen LogP contribution in [0.5, 0.6) is 23.0 Å². The molecule has 2 aliphatic heterocycles. The first kappa shape index (κ1) is 24.7. The number of hydrogen-bond acceptors (Lipinski definition) is 9. The number of esters is 1. The summed E-state index contributed by atoms with van der Waals surface area (Å²) in [5.41, 5.74) is 0.582. The SMILES string of the molecule is COc1ccc2c(c1C(=O)OC1CC13CB(O)Oc1c3ccc(OC)c1C(=O)O)OB(O)C1C3CCC(C3)C21. The number of ether oxygens (including phenoxy) is 3. The van der Waals surface area contributed by atoms with E-state index >= 15 is 0 Å². The van der Waals surface area contributed by atoms with Gasteiger partial charge < -0.3 is 38.7 Å². The third-order valence-electron chi connectivity index (χ3n) is 9.62. The molecule has 12 heteroatoms. The number of benzene rings is 2. The predicted octanol–water partition coefficient (Wildman–Crippen LogP) is 2.90. The van der Waals surface area contributed by atoms with Crippen LogP contribution in [0.15, 0.2) is 24.3 Å². The lowest BCUT2D eigenvalue weighted by molar-refractivity contribution is 0.0430. The van der Waals surface area contributed by atoms with E-state index in [0.29, 0.717) is 29.6 Å². The Balaban J connectivity index is 1.23. The van der Waals surface area contributed by atoms with Gasteiger partial charge in [0.2, 0.25) is 0 Å². The van der Waals surface area contributed by atoms with E-state index in [1.165, 1.54) is 14.2 Å². The molecule has 2 aromatic carbocycles. The van der Waals surface area contributed by atoms with Crippen LogP contribution in [0.4, 0.5) is 0 Å². The summed E-state index contributed by atoms with van der Waals surface area (Å²) in [6.45, 7) is 0. The molecule has 0 amide bonds. The monoisotopic (exact) mass is 534 g/mol. The van der Waals surface area contributed by atoms with Crippen molar-refractivity contribution in [2.75, 3.05) is 14.2 Å². The summed E-state index contributed by atoms with van der Waals surface area (Å²) in [7, 11) is 0.531. The number of methoxy groups -OCH3 is 2. The van der Waals surface area contributed by atoms with E-state index in [2.05, 4.69) is 0 Å². The van der Waals surface area contributed by atoms with Crippen LogP contribution in [0.3, 0.4) is 0 Å². The summed E-state index contributed by atoms with van der Waals surface area (Å²) in [5.74, 6) is -0.199. The molecule has 0 aromatic heterocycles. The molecular weight excluding hydrogens is 506 g/mol. The number of rotatable bonds is 5. The molecule has 3 fully saturated rings. The van der Waals surface area contributed by atoms with Gasteiger partial charge in [0, 0.05) is 23.1 Å². The van der Waals surface area contributed by atoms with Crippen LogP contribution in [0.25, 0.3) is 0 Å². The van der Waals surface area contributed by atoms with Gasteiger partial charge in [0.25, 0.3) is 0 Å². The minimum Gasteiger partial charge on any atom is -0.535 e. The van der Waals surface area contributed by atoms with Crippen LogP contribution in [0.2, 0.25) is 12.1 Å². The molecule has 1 spiro atoms. The highest BCUT2D eigenvalue weighted by Gasteiger charge is 2.64. The highest BCUT2D eigenvalue weighted by Crippen LogP contribution is 2.65. The van der Waals surface area contributed by atoms with Crippen LogP contribution >= 0.6 is 0 Å². The Morgan fingerprint density at radius 1 is 0.974 bits per heavy atom. The molecule has 3 aliphatic carbocycles. The third-order valence-corrected chi connectivity index (χ3v) is 9.62. The van der Waals surface area contributed by atoms with E-state index in [4.69, 9.17) is 23.5 Å². The molecule has 6 unspecified atom stereocenters. The minimum absolute atomic E-state index is 0.0147. The zero-order valence-corrected chi connectivity index (χ0v) is 21.6. The van der Waals surface area contributed by atoms with Crippen molar-refractivity contribution in [3.63, 3.8) is 0 Å². The molecule has 202 valence electrons. The standard InChI is InChI=1S/C27H28B2O10/c1-35-16-8-6-15-24(20(16)25(30)31)38-28(33)11-27(15)10-18(27)37-26(32)21-17(36-2)7-5-14-19-12-3-4-13(9-12)22(19)29(34)39-23(14)21/h5-8,12-13,18-19,22,33-34H,3-4,9-11H2,1-2H3,(H,30,31). The number of aromatic carboxylic acids is 1. The molecule has 2 bridgehead atoms. The van der Waals surface area contributed by atoms with Crippen molar-refractivity contribution < 1.29 is 48.3 Å². The number of carboxylic acids is 1. The van der Waals surface area contributed by atoms with E-state index in [1.807, 2.05) is 6.07 Å². The topological polar surface area (TPSA) is 141 Å². The van der Waals surface area contributed by atoms with E-state index in [9.17, 15) is 24.7 Å². The molecule has 10 nitrogen and oxygen atoms in total. The fourth-order valence-corrected chi connectivity index (χ4v) is 7.90. The van der Waals surface area contributed by atoms with E-state index in [-0.39, 0.29) is 46.4 Å². The smallest absolute Gasteiger partial charge is 0.526 e. The van der Waals surface area contributed by atoms with Crippen LogP contribution in [-0.4, -0.2) is 61.7 Å². The summed E-state index contributed by atoms with van der Waals surface area (Å²) in [6, 6.07) is 6.92. The maximum Gasteiger partial charge on any atom is 0.526 e. The Kier molecular flexibility index (Phi) is 5.41. The minimum atomic E-state index is -1.28. The molecule has 3 saturated carbocycles. The Labute approximate surface area is 225 Å². The lowest BCUT2D eigenvalue weighted by Gasteiger charge is -2.38. The highest BCUT2D eigenvalue weighted by atomic mass is 16.6. The molecule has 0 radical (unpaired) electrons. The Bertz CT molecular complexity index is 1400. The maximum absolute atomic E-state index is 13.7. The number of carbonyl (C=O) groups excluding carboxylic acids is 1. The lowest BCUT2D eigenvalue weighted by Crippen LogP contribution is -2.40. The average Bonchev–Trinajstić information content (AvgIpc) is 3.24. The second-order valence-corrected chi connectivity index (χ2v) is 11.4. The fourth-order valence-electron chi connectivity index (χ4n) is 7.90.